The van der Waals surface area contributed by atoms with Crippen molar-refractivity contribution >= 4 is 11.8 Å². The highest BCUT2D eigenvalue weighted by Gasteiger charge is 2.32. The lowest BCUT2D eigenvalue weighted by Crippen LogP contribution is -2.51. The number of carbonyl (C=O) groups excluding carboxylic acids is 2. The van der Waals surface area contributed by atoms with Crippen molar-refractivity contribution in [1.82, 2.24) is 19.8 Å². The minimum absolute atomic E-state index is 0.0925. The fourth-order valence-corrected chi connectivity index (χ4v) is 4.28. The zero-order valence-electron chi connectivity index (χ0n) is 16.4. The van der Waals surface area contributed by atoms with Crippen LogP contribution in [0.4, 0.5) is 8.78 Å². The number of aromatic nitrogens is 2. The molecular formula is C21H23F2N5O2. The van der Waals surface area contributed by atoms with E-state index in [1.54, 1.807) is 9.80 Å². The zero-order valence-corrected chi connectivity index (χ0v) is 16.4. The second kappa shape index (κ2) is 8.43. The second-order valence-electron chi connectivity index (χ2n) is 7.74. The van der Waals surface area contributed by atoms with Crippen molar-refractivity contribution in [2.45, 2.75) is 31.2 Å². The van der Waals surface area contributed by atoms with Crippen LogP contribution in [0.3, 0.4) is 0 Å². The van der Waals surface area contributed by atoms with Crippen molar-refractivity contribution < 1.29 is 18.4 Å². The van der Waals surface area contributed by atoms with Crippen LogP contribution in [-0.4, -0.2) is 63.8 Å². The lowest BCUT2D eigenvalue weighted by molar-refractivity contribution is -0.133. The minimum atomic E-state index is -0.886. The molecule has 2 unspecified atom stereocenters. The van der Waals surface area contributed by atoms with Crippen LogP contribution in [0.15, 0.2) is 30.7 Å². The Bertz CT molecular complexity index is 948. The molecule has 2 heterocycles. The zero-order chi connectivity index (χ0) is 21.3. The topological polar surface area (TPSA) is 92.4 Å². The Morgan fingerprint density at radius 2 is 1.80 bits per heavy atom. The summed E-state index contributed by atoms with van der Waals surface area (Å²) in [6, 6.07) is 1.97. The van der Waals surface area contributed by atoms with Gasteiger partial charge in [0.25, 0.3) is 5.91 Å². The normalized spacial score (nSPS) is 19.5. The molecule has 2 aliphatic rings. The standard InChI is InChI=1S/C21H23F2N5O2/c22-16-9-13-1-2-14(15(13)10-17(16)23)18(24)11-20(29)27-5-7-28(8-6-27)21(30)19-12-25-3-4-26-19/h3-4,9-10,12,14,18H,1-2,5-8,11,24H2. The first-order chi connectivity index (χ1) is 14.4. The summed E-state index contributed by atoms with van der Waals surface area (Å²) in [6.45, 7) is 1.65. The van der Waals surface area contributed by atoms with Gasteiger partial charge in [-0.25, -0.2) is 13.8 Å². The maximum absolute atomic E-state index is 13.7. The fraction of sp³-hybridized carbons (Fsp3) is 0.429. The number of amides is 2. The van der Waals surface area contributed by atoms with Gasteiger partial charge >= 0.3 is 0 Å². The molecule has 158 valence electrons. The molecule has 1 fully saturated rings. The number of hydrogen-bond donors (Lipinski definition) is 1. The second-order valence-corrected chi connectivity index (χ2v) is 7.74. The molecule has 9 heteroatoms. The van der Waals surface area contributed by atoms with Gasteiger partial charge in [0.05, 0.1) is 6.20 Å². The van der Waals surface area contributed by atoms with Crippen LogP contribution in [0, 0.1) is 11.6 Å². The van der Waals surface area contributed by atoms with E-state index < -0.39 is 17.7 Å². The molecular weight excluding hydrogens is 392 g/mol. The number of nitrogens with zero attached hydrogens (tertiary/aromatic N) is 4. The quantitative estimate of drug-likeness (QED) is 0.817. The van der Waals surface area contributed by atoms with E-state index in [-0.39, 0.29) is 29.8 Å². The van der Waals surface area contributed by atoms with E-state index in [2.05, 4.69) is 9.97 Å². The number of halogens is 2. The van der Waals surface area contributed by atoms with E-state index in [4.69, 9.17) is 5.73 Å². The van der Waals surface area contributed by atoms with Crippen molar-refractivity contribution in [3.05, 3.63) is 59.2 Å². The van der Waals surface area contributed by atoms with Gasteiger partial charge < -0.3 is 15.5 Å². The third-order valence-corrected chi connectivity index (χ3v) is 5.94. The lowest BCUT2D eigenvalue weighted by atomic mass is 9.91. The number of rotatable bonds is 4. The molecule has 0 spiro atoms. The van der Waals surface area contributed by atoms with E-state index >= 15 is 0 Å². The molecule has 2 atom stereocenters. The average molecular weight is 415 g/mol. The number of benzene rings is 1. The SMILES string of the molecule is NC(CC(=O)N1CCN(C(=O)c2cnccn2)CC1)C1CCc2cc(F)c(F)cc21. The number of nitrogens with two attached hydrogens (primary N) is 1. The number of hydrogen-bond acceptors (Lipinski definition) is 5. The third-order valence-electron chi connectivity index (χ3n) is 5.94. The highest BCUT2D eigenvalue weighted by Crippen LogP contribution is 2.37. The Morgan fingerprint density at radius 1 is 1.10 bits per heavy atom. The largest absolute Gasteiger partial charge is 0.339 e. The van der Waals surface area contributed by atoms with Crippen molar-refractivity contribution in [1.29, 1.82) is 0 Å². The number of carbonyl (C=O) groups is 2. The number of piperazine rings is 1. The molecule has 1 aromatic heterocycles. The van der Waals surface area contributed by atoms with Gasteiger partial charge in [-0.1, -0.05) is 0 Å². The molecule has 0 saturated carbocycles. The summed E-state index contributed by atoms with van der Waals surface area (Å²) in [7, 11) is 0. The first kappa shape index (κ1) is 20.3. The summed E-state index contributed by atoms with van der Waals surface area (Å²) in [5.74, 6) is -2.21. The Kier molecular flexibility index (Phi) is 5.72. The third kappa shape index (κ3) is 4.02. The fourth-order valence-electron chi connectivity index (χ4n) is 4.28. The van der Waals surface area contributed by atoms with Gasteiger partial charge in [0.2, 0.25) is 5.91 Å². The summed E-state index contributed by atoms with van der Waals surface area (Å²) in [5.41, 5.74) is 8.04. The highest BCUT2D eigenvalue weighted by atomic mass is 19.2. The van der Waals surface area contributed by atoms with Gasteiger partial charge in [0.15, 0.2) is 11.6 Å². The molecule has 7 nitrogen and oxygen atoms in total. The van der Waals surface area contributed by atoms with Crippen LogP contribution in [0.5, 0.6) is 0 Å². The Hall–Kier alpha value is -2.94. The molecule has 2 amide bonds. The first-order valence-electron chi connectivity index (χ1n) is 10.0. The van der Waals surface area contributed by atoms with Crippen molar-refractivity contribution in [3.63, 3.8) is 0 Å². The number of aryl methyl sites for hydroxylation is 1. The molecule has 1 aliphatic heterocycles. The lowest BCUT2D eigenvalue weighted by Gasteiger charge is -2.35. The van der Waals surface area contributed by atoms with Gasteiger partial charge in [-0.05, 0) is 36.1 Å². The molecule has 0 radical (unpaired) electrons. The molecule has 1 aromatic carbocycles. The van der Waals surface area contributed by atoms with Crippen LogP contribution >= 0.6 is 0 Å². The van der Waals surface area contributed by atoms with E-state index in [0.29, 0.717) is 44.6 Å². The summed E-state index contributed by atoms with van der Waals surface area (Å²) in [6.07, 6.45) is 5.82. The molecule has 2 N–H and O–H groups in total. The summed E-state index contributed by atoms with van der Waals surface area (Å²) in [5, 5.41) is 0. The van der Waals surface area contributed by atoms with Crippen molar-refractivity contribution in [2.75, 3.05) is 26.2 Å². The minimum Gasteiger partial charge on any atom is -0.339 e. The summed E-state index contributed by atoms with van der Waals surface area (Å²) < 4.78 is 27.1. The Balaban J connectivity index is 1.33. The molecule has 2 aromatic rings. The Labute approximate surface area is 172 Å². The summed E-state index contributed by atoms with van der Waals surface area (Å²) in [4.78, 5) is 36.4. The molecule has 0 bridgehead atoms. The highest BCUT2D eigenvalue weighted by molar-refractivity contribution is 5.92. The van der Waals surface area contributed by atoms with Gasteiger partial charge in [0.1, 0.15) is 5.69 Å². The molecule has 1 saturated heterocycles. The van der Waals surface area contributed by atoms with Gasteiger partial charge in [-0.15, -0.1) is 0 Å². The average Bonchev–Trinajstić information content (AvgIpc) is 3.17. The monoisotopic (exact) mass is 415 g/mol. The van der Waals surface area contributed by atoms with Crippen molar-refractivity contribution in [2.24, 2.45) is 5.73 Å². The predicted octanol–water partition coefficient (Wildman–Crippen LogP) is 1.49. The van der Waals surface area contributed by atoms with Crippen LogP contribution in [0.2, 0.25) is 0 Å². The van der Waals surface area contributed by atoms with E-state index in [1.807, 2.05) is 0 Å². The molecule has 1 aliphatic carbocycles. The predicted molar refractivity (Wildman–Crippen MR) is 105 cm³/mol. The van der Waals surface area contributed by atoms with E-state index in [1.165, 1.54) is 30.7 Å². The van der Waals surface area contributed by atoms with Gasteiger partial charge in [0, 0.05) is 57.0 Å². The van der Waals surface area contributed by atoms with Crippen LogP contribution in [0.25, 0.3) is 0 Å². The van der Waals surface area contributed by atoms with E-state index in [9.17, 15) is 18.4 Å². The number of fused-ring (bicyclic) bond motifs is 1. The van der Waals surface area contributed by atoms with E-state index in [0.717, 1.165) is 5.56 Å². The maximum atomic E-state index is 13.7. The van der Waals surface area contributed by atoms with Crippen molar-refractivity contribution in [3.8, 4) is 0 Å². The maximum Gasteiger partial charge on any atom is 0.274 e. The molecule has 4 rings (SSSR count). The van der Waals surface area contributed by atoms with Gasteiger partial charge in [-0.3, -0.25) is 14.6 Å². The molecule has 30 heavy (non-hydrogen) atoms. The first-order valence-corrected chi connectivity index (χ1v) is 10.0. The van der Waals surface area contributed by atoms with Crippen LogP contribution in [-0.2, 0) is 11.2 Å². The Morgan fingerprint density at radius 3 is 2.50 bits per heavy atom. The smallest absolute Gasteiger partial charge is 0.274 e. The van der Waals surface area contributed by atoms with Crippen LogP contribution < -0.4 is 5.73 Å². The summed E-state index contributed by atoms with van der Waals surface area (Å²) >= 11 is 0. The van der Waals surface area contributed by atoms with Gasteiger partial charge in [-0.2, -0.15) is 0 Å². The van der Waals surface area contributed by atoms with Crippen LogP contribution in [0.1, 0.15) is 40.4 Å².